The van der Waals surface area contributed by atoms with E-state index in [-0.39, 0.29) is 0 Å². The Bertz CT molecular complexity index is 3170. The summed E-state index contributed by atoms with van der Waals surface area (Å²) in [5.41, 5.74) is 12.6. The van der Waals surface area contributed by atoms with E-state index in [1.807, 2.05) is 12.1 Å². The molecule has 8 aromatic carbocycles. The Morgan fingerprint density at radius 3 is 1.17 bits per heavy atom. The number of aromatic nitrogens is 2. The molecule has 4 nitrogen and oxygen atoms in total. The molecule has 0 unspecified atom stereocenters. The van der Waals surface area contributed by atoms with Crippen molar-refractivity contribution in [2.24, 2.45) is 0 Å². The lowest BCUT2D eigenvalue weighted by Gasteiger charge is -2.09. The summed E-state index contributed by atoms with van der Waals surface area (Å²) in [5, 5.41) is 9.23. The van der Waals surface area contributed by atoms with Gasteiger partial charge in [-0.2, -0.15) is 0 Å². The molecule has 12 aromatic rings. The minimum Gasteiger partial charge on any atom is -0.454 e. The van der Waals surface area contributed by atoms with Crippen molar-refractivity contribution in [3.63, 3.8) is 0 Å². The van der Waals surface area contributed by atoms with Crippen molar-refractivity contribution < 1.29 is 8.83 Å². The fourth-order valence-corrected chi connectivity index (χ4v) is 8.61. The van der Waals surface area contributed by atoms with E-state index < -0.39 is 0 Å². The maximum absolute atomic E-state index is 6.62. The number of benzene rings is 8. The van der Waals surface area contributed by atoms with Gasteiger partial charge in [-0.25, -0.2) is 0 Å². The van der Waals surface area contributed by atoms with E-state index in [4.69, 9.17) is 8.83 Å². The Balaban J connectivity index is 1.13. The maximum atomic E-state index is 6.62. The first kappa shape index (κ1) is 27.7. The molecule has 52 heavy (non-hydrogen) atoms. The van der Waals surface area contributed by atoms with E-state index in [2.05, 4.69) is 167 Å². The number of rotatable bonds is 3. The van der Waals surface area contributed by atoms with Crippen LogP contribution < -0.4 is 0 Å². The van der Waals surface area contributed by atoms with Crippen LogP contribution in [0.25, 0.3) is 110 Å². The van der Waals surface area contributed by atoms with Crippen LogP contribution in [0.2, 0.25) is 0 Å². The standard InChI is InChI=1S/C48H28N2O2/c1-3-11-31(12-4-1)49-41-25-19-29(27-39(41)35-21-23-37-33-15-7-9-17-43(33)51-47(37)45(35)49)30-20-26-42-40(28-30)36-22-24-38-34-16-8-10-18-44(34)52-48(38)46(36)50(42)32-13-5-2-6-14-32/h1-28H. The van der Waals surface area contributed by atoms with Crippen LogP contribution in [0.1, 0.15) is 0 Å². The van der Waals surface area contributed by atoms with Gasteiger partial charge in [-0.3, -0.25) is 0 Å². The molecule has 0 aliphatic heterocycles. The van der Waals surface area contributed by atoms with Crippen LogP contribution in [0.15, 0.2) is 179 Å². The minimum absolute atomic E-state index is 0.901. The zero-order valence-corrected chi connectivity index (χ0v) is 27.9. The van der Waals surface area contributed by atoms with Gasteiger partial charge in [0.2, 0.25) is 0 Å². The molecular weight excluding hydrogens is 637 g/mol. The lowest BCUT2D eigenvalue weighted by molar-refractivity contribution is 0.670. The lowest BCUT2D eigenvalue weighted by Crippen LogP contribution is -1.93. The monoisotopic (exact) mass is 664 g/mol. The summed E-state index contributed by atoms with van der Waals surface area (Å²) in [5.74, 6) is 0. The molecule has 0 fully saturated rings. The first-order valence-electron chi connectivity index (χ1n) is 17.7. The molecule has 0 spiro atoms. The van der Waals surface area contributed by atoms with Crippen molar-refractivity contribution in [3.05, 3.63) is 170 Å². The zero-order chi connectivity index (χ0) is 33.9. The fourth-order valence-electron chi connectivity index (χ4n) is 8.61. The first-order chi connectivity index (χ1) is 25.8. The molecule has 0 bridgehead atoms. The highest BCUT2D eigenvalue weighted by Gasteiger charge is 2.22. The quantitative estimate of drug-likeness (QED) is 0.188. The second-order valence-corrected chi connectivity index (χ2v) is 13.7. The third kappa shape index (κ3) is 3.70. The third-order valence-corrected chi connectivity index (χ3v) is 10.9. The molecule has 4 aromatic heterocycles. The Kier molecular flexibility index (Phi) is 5.47. The number of nitrogens with zero attached hydrogens (tertiary/aromatic N) is 2. The van der Waals surface area contributed by atoms with Gasteiger partial charge in [0, 0.05) is 54.5 Å². The highest BCUT2D eigenvalue weighted by Crippen LogP contribution is 2.44. The third-order valence-electron chi connectivity index (χ3n) is 10.9. The predicted octanol–water partition coefficient (Wildman–Crippen LogP) is 13.3. The smallest absolute Gasteiger partial charge is 0.160 e. The molecule has 12 rings (SSSR count). The van der Waals surface area contributed by atoms with E-state index in [0.29, 0.717) is 0 Å². The van der Waals surface area contributed by atoms with E-state index in [0.717, 1.165) is 88.4 Å². The maximum Gasteiger partial charge on any atom is 0.160 e. The van der Waals surface area contributed by atoms with Gasteiger partial charge >= 0.3 is 0 Å². The molecule has 0 amide bonds. The van der Waals surface area contributed by atoms with Crippen LogP contribution in [-0.2, 0) is 0 Å². The summed E-state index contributed by atoms with van der Waals surface area (Å²) in [6.45, 7) is 0. The fraction of sp³-hybridized carbons (Fsp3) is 0. The van der Waals surface area contributed by atoms with Gasteiger partial charge in [-0.15, -0.1) is 0 Å². The van der Waals surface area contributed by atoms with Crippen LogP contribution in [0.3, 0.4) is 0 Å². The molecular formula is C48H28N2O2. The molecule has 4 heteroatoms. The Morgan fingerprint density at radius 1 is 0.308 bits per heavy atom. The average Bonchev–Trinajstić information content (AvgIpc) is 3.95. The Morgan fingerprint density at radius 2 is 0.712 bits per heavy atom. The van der Waals surface area contributed by atoms with Gasteiger partial charge in [0.1, 0.15) is 11.2 Å². The van der Waals surface area contributed by atoms with E-state index in [1.54, 1.807) is 0 Å². The number of furan rings is 2. The van der Waals surface area contributed by atoms with E-state index in [9.17, 15) is 0 Å². The van der Waals surface area contributed by atoms with Crippen molar-refractivity contribution in [1.29, 1.82) is 0 Å². The summed E-state index contributed by atoms with van der Waals surface area (Å²) in [4.78, 5) is 0. The summed E-state index contributed by atoms with van der Waals surface area (Å²) in [6, 6.07) is 60.5. The molecule has 242 valence electrons. The van der Waals surface area contributed by atoms with Gasteiger partial charge in [-0.05, 0) is 83.9 Å². The summed E-state index contributed by atoms with van der Waals surface area (Å²) < 4.78 is 17.9. The van der Waals surface area contributed by atoms with Crippen LogP contribution >= 0.6 is 0 Å². The van der Waals surface area contributed by atoms with Crippen molar-refractivity contribution in [1.82, 2.24) is 9.13 Å². The largest absolute Gasteiger partial charge is 0.454 e. The SMILES string of the molecule is c1ccc(-n2c3ccc(-c4ccc5c(c4)c4ccc6c7ccccc7oc6c4n5-c4ccccc4)cc3c3ccc4c5ccccc5oc4c32)cc1. The second kappa shape index (κ2) is 10.3. The second-order valence-electron chi connectivity index (χ2n) is 13.7. The number of hydrogen-bond acceptors (Lipinski definition) is 2. The van der Waals surface area contributed by atoms with E-state index >= 15 is 0 Å². The van der Waals surface area contributed by atoms with Gasteiger partial charge in [-0.1, -0.05) is 97.1 Å². The molecule has 0 aliphatic carbocycles. The predicted molar refractivity (Wildman–Crippen MR) is 215 cm³/mol. The molecule has 0 saturated heterocycles. The topological polar surface area (TPSA) is 36.1 Å². The summed E-state index contributed by atoms with van der Waals surface area (Å²) >= 11 is 0. The molecule has 0 aliphatic rings. The molecule has 0 N–H and O–H groups in total. The van der Waals surface area contributed by atoms with Crippen LogP contribution in [0.4, 0.5) is 0 Å². The van der Waals surface area contributed by atoms with Crippen molar-refractivity contribution in [2.45, 2.75) is 0 Å². The lowest BCUT2D eigenvalue weighted by atomic mass is 10.00. The van der Waals surface area contributed by atoms with Crippen molar-refractivity contribution in [3.8, 4) is 22.5 Å². The van der Waals surface area contributed by atoms with Crippen molar-refractivity contribution >= 4 is 87.5 Å². The molecule has 0 radical (unpaired) electrons. The average molecular weight is 665 g/mol. The number of fused-ring (bicyclic) bond motifs is 14. The van der Waals surface area contributed by atoms with Gasteiger partial charge in [0.15, 0.2) is 11.2 Å². The van der Waals surface area contributed by atoms with Gasteiger partial charge in [0.25, 0.3) is 0 Å². The molecule has 4 heterocycles. The molecule has 0 atom stereocenters. The summed E-state index contributed by atoms with van der Waals surface area (Å²) in [6.07, 6.45) is 0. The van der Waals surface area contributed by atoms with Gasteiger partial charge in [0.05, 0.1) is 22.1 Å². The Hall–Kier alpha value is -7.04. The first-order valence-corrected chi connectivity index (χ1v) is 17.7. The van der Waals surface area contributed by atoms with E-state index in [1.165, 1.54) is 21.5 Å². The number of para-hydroxylation sites is 4. The molecule has 0 saturated carbocycles. The van der Waals surface area contributed by atoms with Gasteiger partial charge < -0.3 is 18.0 Å². The van der Waals surface area contributed by atoms with Crippen LogP contribution in [0.5, 0.6) is 0 Å². The summed E-state index contributed by atoms with van der Waals surface area (Å²) in [7, 11) is 0. The van der Waals surface area contributed by atoms with Crippen molar-refractivity contribution in [2.75, 3.05) is 0 Å². The minimum atomic E-state index is 0.901. The Labute approximate surface area is 296 Å². The highest BCUT2D eigenvalue weighted by molar-refractivity contribution is 6.23. The van der Waals surface area contributed by atoms with Crippen LogP contribution in [0, 0.1) is 0 Å². The highest BCUT2D eigenvalue weighted by atomic mass is 16.3. The zero-order valence-electron chi connectivity index (χ0n) is 27.9. The number of hydrogen-bond donors (Lipinski definition) is 0. The normalized spacial score (nSPS) is 12.2. The van der Waals surface area contributed by atoms with Crippen LogP contribution in [-0.4, -0.2) is 9.13 Å².